The monoisotopic (exact) mass is 307 g/mol. The average molecular weight is 307 g/mol. The molecule has 120 valence electrons. The fourth-order valence-electron chi connectivity index (χ4n) is 1.46. The van der Waals surface area contributed by atoms with Crippen molar-refractivity contribution in [3.63, 3.8) is 0 Å². The Labute approximate surface area is 129 Å². The van der Waals surface area contributed by atoms with E-state index in [0.717, 1.165) is 12.5 Å². The van der Waals surface area contributed by atoms with Crippen molar-refractivity contribution >= 4 is 11.9 Å². The first-order chi connectivity index (χ1) is 10.2. The first-order valence-corrected chi connectivity index (χ1v) is 6.82. The second-order valence-electron chi connectivity index (χ2n) is 5.38. The zero-order valence-electron chi connectivity index (χ0n) is 12.9. The number of carboxylic acids is 1. The average Bonchev–Trinajstić information content (AvgIpc) is 2.44. The standard InChI is InChI=1S/C16H21NO5/c1-11(2)7-8-22-13-6-4-5-12(9-13)14(18)17-10-16(3,21)15(19)20/h4-7,9,21H,8,10H2,1-3H3,(H,17,18)(H,19,20). The molecule has 1 rings (SSSR count). The summed E-state index contributed by atoms with van der Waals surface area (Å²) in [4.78, 5) is 22.7. The Kier molecular flexibility index (Phi) is 6.12. The highest BCUT2D eigenvalue weighted by atomic mass is 16.5. The number of benzene rings is 1. The van der Waals surface area contributed by atoms with Crippen LogP contribution in [0.25, 0.3) is 0 Å². The summed E-state index contributed by atoms with van der Waals surface area (Å²) in [6.45, 7) is 5.06. The fraction of sp³-hybridized carbons (Fsp3) is 0.375. The second kappa shape index (κ2) is 7.61. The number of allylic oxidation sites excluding steroid dienone is 1. The van der Waals surface area contributed by atoms with Crippen LogP contribution in [-0.2, 0) is 4.79 Å². The van der Waals surface area contributed by atoms with Crippen molar-refractivity contribution in [2.24, 2.45) is 0 Å². The van der Waals surface area contributed by atoms with Gasteiger partial charge in [-0.25, -0.2) is 4.79 Å². The number of nitrogens with one attached hydrogen (secondary N) is 1. The van der Waals surface area contributed by atoms with Crippen molar-refractivity contribution in [2.45, 2.75) is 26.4 Å². The second-order valence-corrected chi connectivity index (χ2v) is 5.38. The smallest absolute Gasteiger partial charge is 0.337 e. The van der Waals surface area contributed by atoms with Gasteiger partial charge >= 0.3 is 5.97 Å². The van der Waals surface area contributed by atoms with E-state index in [1.54, 1.807) is 24.3 Å². The molecule has 1 aromatic carbocycles. The van der Waals surface area contributed by atoms with Gasteiger partial charge in [0, 0.05) is 5.56 Å². The number of aliphatic carboxylic acids is 1. The first-order valence-electron chi connectivity index (χ1n) is 6.82. The Hall–Kier alpha value is -2.34. The van der Waals surface area contributed by atoms with Crippen molar-refractivity contribution in [3.8, 4) is 5.75 Å². The van der Waals surface area contributed by atoms with E-state index in [9.17, 15) is 14.7 Å². The number of carboxylic acid groups (broad SMARTS) is 1. The third-order valence-corrected chi connectivity index (χ3v) is 2.89. The van der Waals surface area contributed by atoms with Gasteiger partial charge in [0.25, 0.3) is 5.91 Å². The van der Waals surface area contributed by atoms with Crippen LogP contribution in [0.1, 0.15) is 31.1 Å². The minimum Gasteiger partial charge on any atom is -0.490 e. The van der Waals surface area contributed by atoms with Crippen LogP contribution in [0.15, 0.2) is 35.9 Å². The minimum absolute atomic E-state index is 0.330. The van der Waals surface area contributed by atoms with Gasteiger partial charge in [0.2, 0.25) is 0 Å². The fourth-order valence-corrected chi connectivity index (χ4v) is 1.46. The summed E-state index contributed by atoms with van der Waals surface area (Å²) < 4.78 is 5.49. The molecule has 1 amide bonds. The third kappa shape index (κ3) is 5.57. The molecule has 0 spiro atoms. The summed E-state index contributed by atoms with van der Waals surface area (Å²) in [6.07, 6.45) is 1.91. The predicted octanol–water partition coefficient (Wildman–Crippen LogP) is 1.60. The summed E-state index contributed by atoms with van der Waals surface area (Å²) in [5, 5.41) is 20.7. The van der Waals surface area contributed by atoms with Gasteiger partial charge in [-0.05, 0) is 45.0 Å². The lowest BCUT2D eigenvalue weighted by Crippen LogP contribution is -2.46. The van der Waals surface area contributed by atoms with Crippen LogP contribution in [0.2, 0.25) is 0 Å². The van der Waals surface area contributed by atoms with Gasteiger partial charge in [-0.15, -0.1) is 0 Å². The number of aliphatic hydroxyl groups is 1. The highest BCUT2D eigenvalue weighted by Crippen LogP contribution is 2.14. The summed E-state index contributed by atoms with van der Waals surface area (Å²) in [7, 11) is 0. The van der Waals surface area contributed by atoms with Crippen molar-refractivity contribution in [1.82, 2.24) is 5.32 Å². The van der Waals surface area contributed by atoms with Gasteiger partial charge in [-0.3, -0.25) is 4.79 Å². The van der Waals surface area contributed by atoms with E-state index in [2.05, 4.69) is 5.32 Å². The highest BCUT2D eigenvalue weighted by Gasteiger charge is 2.30. The molecular weight excluding hydrogens is 286 g/mol. The molecule has 1 aromatic rings. The number of carbonyl (C=O) groups is 2. The molecule has 0 fully saturated rings. The normalized spacial score (nSPS) is 12.9. The summed E-state index contributed by atoms with van der Waals surface area (Å²) >= 11 is 0. The Balaban J connectivity index is 2.66. The van der Waals surface area contributed by atoms with Gasteiger partial charge in [0.05, 0.1) is 6.54 Å². The van der Waals surface area contributed by atoms with Gasteiger partial charge in [0.15, 0.2) is 5.60 Å². The maximum atomic E-state index is 12.0. The van der Waals surface area contributed by atoms with E-state index in [4.69, 9.17) is 9.84 Å². The van der Waals surface area contributed by atoms with Crippen LogP contribution in [0, 0.1) is 0 Å². The number of rotatable bonds is 7. The van der Waals surface area contributed by atoms with Crippen LogP contribution in [0.5, 0.6) is 5.75 Å². The van der Waals surface area contributed by atoms with Crippen LogP contribution in [0.4, 0.5) is 0 Å². The molecule has 1 unspecified atom stereocenters. The third-order valence-electron chi connectivity index (χ3n) is 2.89. The first kappa shape index (κ1) is 17.7. The lowest BCUT2D eigenvalue weighted by Gasteiger charge is -2.18. The van der Waals surface area contributed by atoms with Crippen LogP contribution in [-0.4, -0.2) is 40.8 Å². The zero-order chi connectivity index (χ0) is 16.8. The summed E-state index contributed by atoms with van der Waals surface area (Å²) in [6, 6.07) is 6.54. The quantitative estimate of drug-likeness (QED) is 0.665. The van der Waals surface area contributed by atoms with E-state index in [-0.39, 0.29) is 6.54 Å². The molecule has 1 atom stereocenters. The Morgan fingerprint density at radius 3 is 2.64 bits per heavy atom. The van der Waals surface area contributed by atoms with Crippen molar-refractivity contribution in [1.29, 1.82) is 0 Å². The SMILES string of the molecule is CC(C)=CCOc1cccc(C(=O)NCC(C)(O)C(=O)O)c1. The summed E-state index contributed by atoms with van der Waals surface area (Å²) in [5.74, 6) is -1.34. The number of amides is 1. The number of carbonyl (C=O) groups excluding carboxylic acids is 1. The van der Waals surface area contributed by atoms with Crippen molar-refractivity contribution in [2.75, 3.05) is 13.2 Å². The van der Waals surface area contributed by atoms with Crippen LogP contribution < -0.4 is 10.1 Å². The Morgan fingerprint density at radius 1 is 1.36 bits per heavy atom. The Bertz CT molecular complexity index is 574. The van der Waals surface area contributed by atoms with E-state index in [1.807, 2.05) is 19.9 Å². The van der Waals surface area contributed by atoms with Gasteiger partial charge < -0.3 is 20.3 Å². The zero-order valence-corrected chi connectivity index (χ0v) is 12.9. The molecule has 0 aromatic heterocycles. The molecule has 0 saturated carbocycles. The van der Waals surface area contributed by atoms with E-state index >= 15 is 0 Å². The topological polar surface area (TPSA) is 95.9 Å². The van der Waals surface area contributed by atoms with E-state index in [1.165, 1.54) is 0 Å². The lowest BCUT2D eigenvalue weighted by atomic mass is 10.1. The minimum atomic E-state index is -2.01. The molecule has 0 heterocycles. The molecule has 6 heteroatoms. The van der Waals surface area contributed by atoms with E-state index in [0.29, 0.717) is 17.9 Å². The molecule has 0 aliphatic heterocycles. The van der Waals surface area contributed by atoms with Gasteiger partial charge in [-0.1, -0.05) is 11.6 Å². The molecule has 0 bridgehead atoms. The van der Waals surface area contributed by atoms with Crippen molar-refractivity contribution < 1.29 is 24.5 Å². The van der Waals surface area contributed by atoms with Crippen LogP contribution >= 0.6 is 0 Å². The van der Waals surface area contributed by atoms with Crippen molar-refractivity contribution in [3.05, 3.63) is 41.5 Å². The number of hydrogen-bond donors (Lipinski definition) is 3. The van der Waals surface area contributed by atoms with Gasteiger partial charge in [0.1, 0.15) is 12.4 Å². The maximum absolute atomic E-state index is 12.0. The molecule has 0 aliphatic rings. The van der Waals surface area contributed by atoms with Gasteiger partial charge in [-0.2, -0.15) is 0 Å². The highest BCUT2D eigenvalue weighted by molar-refractivity contribution is 5.95. The molecular formula is C16H21NO5. The molecule has 6 nitrogen and oxygen atoms in total. The van der Waals surface area contributed by atoms with E-state index < -0.39 is 17.5 Å². The Morgan fingerprint density at radius 2 is 2.05 bits per heavy atom. The lowest BCUT2D eigenvalue weighted by molar-refractivity contribution is -0.155. The molecule has 0 saturated heterocycles. The summed E-state index contributed by atoms with van der Waals surface area (Å²) in [5.41, 5.74) is -0.548. The molecule has 0 radical (unpaired) electrons. The molecule has 0 aliphatic carbocycles. The number of hydrogen-bond acceptors (Lipinski definition) is 4. The van der Waals surface area contributed by atoms with Crippen LogP contribution in [0.3, 0.4) is 0 Å². The number of ether oxygens (including phenoxy) is 1. The molecule has 3 N–H and O–H groups in total. The largest absolute Gasteiger partial charge is 0.490 e. The maximum Gasteiger partial charge on any atom is 0.337 e. The molecule has 22 heavy (non-hydrogen) atoms. The predicted molar refractivity (Wildman–Crippen MR) is 82.0 cm³/mol.